The molecule has 0 bridgehead atoms. The van der Waals surface area contributed by atoms with Crippen molar-refractivity contribution >= 4 is 0 Å². The van der Waals surface area contributed by atoms with Crippen LogP contribution in [0.1, 0.15) is 31.2 Å². The van der Waals surface area contributed by atoms with Crippen LogP contribution in [-0.2, 0) is 6.42 Å². The molecule has 1 fully saturated rings. The smallest absolute Gasteiger partial charge is 0.207 e. The van der Waals surface area contributed by atoms with E-state index in [-0.39, 0.29) is 18.8 Å². The molecular weight excluding hydrogens is 194 g/mol. The van der Waals surface area contributed by atoms with E-state index in [0.717, 1.165) is 12.8 Å². The maximum absolute atomic E-state index is 13.2. The Morgan fingerprint density at radius 3 is 2.60 bits per heavy atom. The van der Waals surface area contributed by atoms with Crippen molar-refractivity contribution in [2.24, 2.45) is 5.92 Å². The van der Waals surface area contributed by atoms with Crippen molar-refractivity contribution in [1.82, 2.24) is 0 Å². The van der Waals surface area contributed by atoms with Crippen molar-refractivity contribution in [3.8, 4) is 0 Å². The normalized spacial score (nSPS) is 25.1. The monoisotopic (exact) mass is 210 g/mol. The van der Waals surface area contributed by atoms with Crippen molar-refractivity contribution in [2.75, 3.05) is 0 Å². The summed E-state index contributed by atoms with van der Waals surface area (Å²) in [5.74, 6) is -2.26. The number of hydrogen-bond acceptors (Lipinski definition) is 0. The molecule has 0 aliphatic heterocycles. The molecule has 2 heteroatoms. The molecule has 15 heavy (non-hydrogen) atoms. The van der Waals surface area contributed by atoms with Crippen LogP contribution < -0.4 is 0 Å². The summed E-state index contributed by atoms with van der Waals surface area (Å²) in [5, 5.41) is 0. The third-order valence-corrected chi connectivity index (χ3v) is 3.11. The van der Waals surface area contributed by atoms with Crippen LogP contribution in [0.3, 0.4) is 0 Å². The van der Waals surface area contributed by atoms with Gasteiger partial charge in [-0.15, -0.1) is 0 Å². The van der Waals surface area contributed by atoms with Crippen LogP contribution in [0.2, 0.25) is 0 Å². The maximum Gasteiger partial charge on any atom is 0.248 e. The fraction of sp³-hybridized carbons (Fsp3) is 0.538. The second-order valence-corrected chi connectivity index (χ2v) is 4.51. The first-order valence-corrected chi connectivity index (χ1v) is 5.57. The van der Waals surface area contributed by atoms with E-state index in [1.165, 1.54) is 5.56 Å². The first-order chi connectivity index (χ1) is 7.16. The van der Waals surface area contributed by atoms with Gasteiger partial charge in [-0.05, 0) is 30.7 Å². The van der Waals surface area contributed by atoms with E-state index in [2.05, 4.69) is 0 Å². The van der Waals surface area contributed by atoms with Crippen LogP contribution in [-0.4, -0.2) is 5.92 Å². The quantitative estimate of drug-likeness (QED) is 0.690. The largest absolute Gasteiger partial charge is 0.248 e. The van der Waals surface area contributed by atoms with E-state index in [1.807, 2.05) is 30.3 Å². The van der Waals surface area contributed by atoms with E-state index in [1.54, 1.807) is 0 Å². The van der Waals surface area contributed by atoms with Gasteiger partial charge >= 0.3 is 0 Å². The first-order valence-electron chi connectivity index (χ1n) is 5.57. The molecule has 1 aromatic rings. The molecule has 0 aromatic heterocycles. The molecule has 1 saturated carbocycles. The van der Waals surface area contributed by atoms with E-state index in [0.29, 0.717) is 6.42 Å². The summed E-state index contributed by atoms with van der Waals surface area (Å²) in [6, 6.07) is 9.94. The van der Waals surface area contributed by atoms with Gasteiger partial charge in [-0.2, -0.15) is 0 Å². The minimum Gasteiger partial charge on any atom is -0.207 e. The molecule has 0 amide bonds. The summed E-state index contributed by atoms with van der Waals surface area (Å²) in [6.07, 6.45) is 2.57. The zero-order chi connectivity index (χ0) is 10.7. The third kappa shape index (κ3) is 3.01. The second-order valence-electron chi connectivity index (χ2n) is 4.51. The highest BCUT2D eigenvalue weighted by molar-refractivity contribution is 5.15. The number of benzene rings is 1. The number of alkyl halides is 2. The predicted octanol–water partition coefficient (Wildman–Crippen LogP) is 4.05. The Kier molecular flexibility index (Phi) is 3.03. The SMILES string of the molecule is FC1(F)CCCC(Cc2ccccc2)C1. The highest BCUT2D eigenvalue weighted by atomic mass is 19.3. The van der Waals surface area contributed by atoms with E-state index in [9.17, 15) is 8.78 Å². The molecule has 0 radical (unpaired) electrons. The Balaban J connectivity index is 1.95. The predicted molar refractivity (Wildman–Crippen MR) is 57.1 cm³/mol. The Labute approximate surface area is 89.3 Å². The molecule has 1 atom stereocenters. The molecule has 2 rings (SSSR count). The van der Waals surface area contributed by atoms with Crippen molar-refractivity contribution in [3.05, 3.63) is 35.9 Å². The van der Waals surface area contributed by atoms with Gasteiger partial charge in [0.25, 0.3) is 0 Å². The lowest BCUT2D eigenvalue weighted by Gasteiger charge is -2.28. The van der Waals surface area contributed by atoms with Gasteiger partial charge in [0, 0.05) is 12.8 Å². The first kappa shape index (κ1) is 10.6. The summed E-state index contributed by atoms with van der Waals surface area (Å²) >= 11 is 0. The molecule has 0 saturated heterocycles. The van der Waals surface area contributed by atoms with Gasteiger partial charge in [-0.1, -0.05) is 30.3 Å². The molecule has 0 heterocycles. The van der Waals surface area contributed by atoms with Gasteiger partial charge in [0.05, 0.1) is 0 Å². The Hall–Kier alpha value is -0.920. The van der Waals surface area contributed by atoms with Crippen molar-refractivity contribution in [2.45, 2.75) is 38.0 Å². The van der Waals surface area contributed by atoms with Gasteiger partial charge in [0.2, 0.25) is 5.92 Å². The fourth-order valence-electron chi connectivity index (χ4n) is 2.40. The van der Waals surface area contributed by atoms with Crippen molar-refractivity contribution < 1.29 is 8.78 Å². The van der Waals surface area contributed by atoms with E-state index >= 15 is 0 Å². The molecule has 1 aliphatic carbocycles. The minimum absolute atomic E-state index is 0.0713. The lowest BCUT2D eigenvalue weighted by Crippen LogP contribution is -2.27. The minimum atomic E-state index is -2.42. The molecular formula is C13H16F2. The second kappa shape index (κ2) is 4.30. The highest BCUT2D eigenvalue weighted by Gasteiger charge is 2.35. The summed E-state index contributed by atoms with van der Waals surface area (Å²) in [6.45, 7) is 0. The lowest BCUT2D eigenvalue weighted by molar-refractivity contribution is -0.0521. The Bertz CT molecular complexity index is 306. The van der Waals surface area contributed by atoms with Crippen LogP contribution in [0.25, 0.3) is 0 Å². The zero-order valence-electron chi connectivity index (χ0n) is 8.76. The summed E-state index contributed by atoms with van der Waals surface area (Å²) in [7, 11) is 0. The van der Waals surface area contributed by atoms with Gasteiger partial charge in [-0.3, -0.25) is 0 Å². The summed E-state index contributed by atoms with van der Waals surface area (Å²) < 4.78 is 26.3. The van der Waals surface area contributed by atoms with Crippen molar-refractivity contribution in [3.63, 3.8) is 0 Å². The average molecular weight is 210 g/mol. The average Bonchev–Trinajstić information content (AvgIpc) is 2.17. The number of halogens is 2. The van der Waals surface area contributed by atoms with Gasteiger partial charge in [0.1, 0.15) is 0 Å². The summed E-state index contributed by atoms with van der Waals surface area (Å²) in [4.78, 5) is 0. The fourth-order valence-corrected chi connectivity index (χ4v) is 2.40. The van der Waals surface area contributed by atoms with Crippen LogP contribution in [0.4, 0.5) is 8.78 Å². The molecule has 0 spiro atoms. The van der Waals surface area contributed by atoms with Crippen LogP contribution in [0.15, 0.2) is 30.3 Å². The lowest BCUT2D eigenvalue weighted by atomic mass is 9.83. The number of hydrogen-bond donors (Lipinski definition) is 0. The molecule has 1 aromatic carbocycles. The topological polar surface area (TPSA) is 0 Å². The van der Waals surface area contributed by atoms with Gasteiger partial charge < -0.3 is 0 Å². The maximum atomic E-state index is 13.2. The highest BCUT2D eigenvalue weighted by Crippen LogP contribution is 2.37. The Morgan fingerprint density at radius 1 is 1.20 bits per heavy atom. The number of rotatable bonds is 2. The van der Waals surface area contributed by atoms with Crippen LogP contribution >= 0.6 is 0 Å². The third-order valence-electron chi connectivity index (χ3n) is 3.11. The van der Waals surface area contributed by atoms with E-state index in [4.69, 9.17) is 0 Å². The van der Waals surface area contributed by atoms with Gasteiger partial charge in [-0.25, -0.2) is 8.78 Å². The van der Waals surface area contributed by atoms with Crippen LogP contribution in [0.5, 0.6) is 0 Å². The molecule has 1 aliphatic rings. The molecule has 0 N–H and O–H groups in total. The Morgan fingerprint density at radius 2 is 1.93 bits per heavy atom. The molecule has 0 nitrogen and oxygen atoms in total. The molecule has 1 unspecified atom stereocenters. The molecule has 82 valence electrons. The van der Waals surface area contributed by atoms with Gasteiger partial charge in [0.15, 0.2) is 0 Å². The zero-order valence-corrected chi connectivity index (χ0v) is 8.76. The van der Waals surface area contributed by atoms with E-state index < -0.39 is 5.92 Å². The standard InChI is InChI=1S/C13H16F2/c14-13(15)8-4-7-12(10-13)9-11-5-2-1-3-6-11/h1-3,5-6,12H,4,7-10H2. The van der Waals surface area contributed by atoms with Crippen LogP contribution in [0, 0.1) is 5.92 Å². The van der Waals surface area contributed by atoms with Crippen molar-refractivity contribution in [1.29, 1.82) is 0 Å². The summed E-state index contributed by atoms with van der Waals surface area (Å²) in [5.41, 5.74) is 1.18.